The van der Waals surface area contributed by atoms with Gasteiger partial charge >= 0.3 is 0 Å². The lowest BCUT2D eigenvalue weighted by Gasteiger charge is -2.43. The second-order valence-corrected chi connectivity index (χ2v) is 9.57. The van der Waals surface area contributed by atoms with Crippen molar-refractivity contribution in [3.8, 4) is 0 Å². The third kappa shape index (κ3) is 11.0. The Balaban J connectivity index is 0. The van der Waals surface area contributed by atoms with E-state index < -0.39 is 0 Å². The Morgan fingerprint density at radius 3 is 0.833 bits per heavy atom. The van der Waals surface area contributed by atoms with E-state index in [1.807, 2.05) is 0 Å². The fraction of sp³-hybridized carbons (Fsp3) is 1.00. The van der Waals surface area contributed by atoms with Gasteiger partial charge in [0.15, 0.2) is 0 Å². The van der Waals surface area contributed by atoms with Crippen LogP contribution in [0, 0.1) is 16.2 Å². The molecule has 2 N–H and O–H groups in total. The number of hydrogen-bond acceptors (Lipinski definition) is 1. The largest absolute Gasteiger partial charge is 0.325 e. The van der Waals surface area contributed by atoms with Gasteiger partial charge in [-0.1, -0.05) is 62.3 Å². The maximum absolute atomic E-state index is 6.76. The van der Waals surface area contributed by atoms with Crippen LogP contribution in [-0.2, 0) is 0 Å². The van der Waals surface area contributed by atoms with Crippen molar-refractivity contribution in [1.29, 1.82) is 0 Å². The lowest BCUT2D eigenvalue weighted by Crippen LogP contribution is -2.48. The maximum Gasteiger partial charge on any atom is 0.0169 e. The van der Waals surface area contributed by atoms with Crippen LogP contribution in [0.5, 0.6) is 0 Å². The summed E-state index contributed by atoms with van der Waals surface area (Å²) in [4.78, 5) is 0. The van der Waals surface area contributed by atoms with Crippen molar-refractivity contribution in [2.75, 3.05) is 0 Å². The molecule has 0 aromatic carbocycles. The topological polar surface area (TPSA) is 26.0 Å². The highest BCUT2D eigenvalue weighted by atomic mass is 19.0. The average molecular weight is 261 g/mol. The molecule has 0 heterocycles. The minimum absolute atomic E-state index is 0. The summed E-state index contributed by atoms with van der Waals surface area (Å²) in [5, 5.41) is 0. The van der Waals surface area contributed by atoms with E-state index in [-0.39, 0.29) is 10.2 Å². The predicted octanol–water partition coefficient (Wildman–Crippen LogP) is 5.15. The molecule has 0 amide bonds. The van der Waals surface area contributed by atoms with Gasteiger partial charge in [-0.2, -0.15) is 0 Å². The lowest BCUT2D eigenvalue weighted by molar-refractivity contribution is 0.133. The molecule has 0 aromatic rings. The second kappa shape index (κ2) is 5.90. The molecule has 0 saturated heterocycles. The van der Waals surface area contributed by atoms with Gasteiger partial charge in [-0.25, -0.2) is 0 Å². The first kappa shape index (κ1) is 20.2. The third-order valence-electron chi connectivity index (χ3n) is 2.65. The van der Waals surface area contributed by atoms with Crippen molar-refractivity contribution in [1.82, 2.24) is 0 Å². The summed E-state index contributed by atoms with van der Waals surface area (Å²) in [7, 11) is 0. The molecule has 0 spiro atoms. The van der Waals surface area contributed by atoms with Crippen LogP contribution < -0.4 is 5.73 Å². The van der Waals surface area contributed by atoms with Gasteiger partial charge in [0.1, 0.15) is 0 Å². The molecule has 0 atom stereocenters. The first-order chi connectivity index (χ1) is 7.12. The first-order valence-electron chi connectivity index (χ1n) is 6.91. The zero-order valence-corrected chi connectivity index (χ0v) is 14.1. The highest BCUT2D eigenvalue weighted by Gasteiger charge is 2.37. The molecule has 112 valence electrons. The summed E-state index contributed by atoms with van der Waals surface area (Å²) >= 11 is 0. The summed E-state index contributed by atoms with van der Waals surface area (Å²) in [5.41, 5.74) is 7.60. The van der Waals surface area contributed by atoms with Crippen LogP contribution in [0.3, 0.4) is 0 Å². The molecule has 0 aliphatic carbocycles. The van der Waals surface area contributed by atoms with Gasteiger partial charge in [-0.3, -0.25) is 4.70 Å². The van der Waals surface area contributed by atoms with Crippen LogP contribution in [0.2, 0.25) is 0 Å². The monoisotopic (exact) mass is 261 g/mol. The first-order valence-corrected chi connectivity index (χ1v) is 6.91. The lowest BCUT2D eigenvalue weighted by atomic mass is 9.66. The standard InChI is InChI=1S/C16H35N.FH/c1-13(2,3)10-16(17,11-14(4,5)6)12-15(7,8)9;/h10-12,17H2,1-9H3;1H. The number of rotatable bonds is 3. The highest BCUT2D eigenvalue weighted by molar-refractivity contribution is 4.94. The van der Waals surface area contributed by atoms with Gasteiger partial charge in [0.2, 0.25) is 0 Å². The summed E-state index contributed by atoms with van der Waals surface area (Å²) in [6, 6.07) is 0. The Kier molecular flexibility index (Phi) is 6.62. The van der Waals surface area contributed by atoms with Crippen molar-refractivity contribution in [3.63, 3.8) is 0 Å². The molecule has 0 saturated carbocycles. The van der Waals surface area contributed by atoms with E-state index >= 15 is 0 Å². The molecule has 0 rings (SSSR count). The Labute approximate surface area is 114 Å². The van der Waals surface area contributed by atoms with Gasteiger partial charge in [0, 0.05) is 5.54 Å². The molecule has 0 radical (unpaired) electrons. The van der Waals surface area contributed by atoms with Crippen LogP contribution >= 0.6 is 0 Å². The summed E-state index contributed by atoms with van der Waals surface area (Å²) in [5.74, 6) is 0. The Hall–Kier alpha value is -0.110. The minimum Gasteiger partial charge on any atom is -0.325 e. The van der Waals surface area contributed by atoms with Gasteiger partial charge < -0.3 is 5.73 Å². The molecule has 0 aliphatic rings. The Morgan fingerprint density at radius 2 is 0.722 bits per heavy atom. The number of nitrogens with two attached hydrogens (primary N) is 1. The molecule has 0 aromatic heterocycles. The van der Waals surface area contributed by atoms with Crippen molar-refractivity contribution in [3.05, 3.63) is 0 Å². The fourth-order valence-corrected chi connectivity index (χ4v) is 3.36. The zero-order valence-electron chi connectivity index (χ0n) is 14.1. The summed E-state index contributed by atoms with van der Waals surface area (Å²) in [6.07, 6.45) is 3.28. The third-order valence-corrected chi connectivity index (χ3v) is 2.65. The Morgan fingerprint density at radius 1 is 0.556 bits per heavy atom. The van der Waals surface area contributed by atoms with Crippen LogP contribution in [0.25, 0.3) is 0 Å². The van der Waals surface area contributed by atoms with E-state index in [9.17, 15) is 0 Å². The molecule has 2 heteroatoms. The maximum atomic E-state index is 6.76. The van der Waals surface area contributed by atoms with Crippen molar-refractivity contribution in [2.24, 2.45) is 22.0 Å². The zero-order chi connectivity index (χ0) is 14.1. The van der Waals surface area contributed by atoms with Crippen molar-refractivity contribution in [2.45, 2.75) is 87.1 Å². The van der Waals surface area contributed by atoms with E-state index in [1.165, 1.54) is 0 Å². The van der Waals surface area contributed by atoms with Gasteiger partial charge in [-0.15, -0.1) is 0 Å². The molecule has 18 heavy (non-hydrogen) atoms. The molecule has 1 nitrogen and oxygen atoms in total. The number of hydrogen-bond donors (Lipinski definition) is 1. The van der Waals surface area contributed by atoms with Crippen LogP contribution in [0.4, 0.5) is 4.70 Å². The van der Waals surface area contributed by atoms with E-state index in [2.05, 4.69) is 62.3 Å². The number of halogens is 1. The molecular weight excluding hydrogens is 225 g/mol. The summed E-state index contributed by atoms with van der Waals surface area (Å²) in [6.45, 7) is 20.6. The molecular formula is C16H36FN. The Bertz CT molecular complexity index is 196. The van der Waals surface area contributed by atoms with Gasteiger partial charge in [0.05, 0.1) is 0 Å². The minimum atomic E-state index is -0.0469. The SMILES string of the molecule is CC(C)(C)CC(N)(CC(C)(C)C)CC(C)(C)C.F. The van der Waals surface area contributed by atoms with Crippen LogP contribution in [-0.4, -0.2) is 5.54 Å². The second-order valence-electron chi connectivity index (χ2n) is 9.57. The highest BCUT2D eigenvalue weighted by Crippen LogP contribution is 2.40. The van der Waals surface area contributed by atoms with Crippen LogP contribution in [0.15, 0.2) is 0 Å². The fourth-order valence-electron chi connectivity index (χ4n) is 3.36. The average Bonchev–Trinajstić information content (AvgIpc) is 1.65. The normalized spacial score (nSPS) is 14.3. The van der Waals surface area contributed by atoms with Crippen molar-refractivity contribution < 1.29 is 4.70 Å². The predicted molar refractivity (Wildman–Crippen MR) is 81.6 cm³/mol. The molecule has 0 fully saturated rings. The molecule has 0 bridgehead atoms. The van der Waals surface area contributed by atoms with E-state index in [1.54, 1.807) is 0 Å². The van der Waals surface area contributed by atoms with Gasteiger partial charge in [-0.05, 0) is 35.5 Å². The molecule has 0 aliphatic heterocycles. The van der Waals surface area contributed by atoms with Gasteiger partial charge in [0.25, 0.3) is 0 Å². The van der Waals surface area contributed by atoms with E-state index in [0.717, 1.165) is 19.3 Å². The molecule has 0 unspecified atom stereocenters. The summed E-state index contributed by atoms with van der Waals surface area (Å²) < 4.78 is 0. The van der Waals surface area contributed by atoms with E-state index in [0.29, 0.717) is 16.2 Å². The quantitative estimate of drug-likeness (QED) is 0.747. The van der Waals surface area contributed by atoms with Crippen LogP contribution in [0.1, 0.15) is 81.6 Å². The van der Waals surface area contributed by atoms with Crippen molar-refractivity contribution >= 4 is 0 Å². The smallest absolute Gasteiger partial charge is 0.0169 e. The van der Waals surface area contributed by atoms with E-state index in [4.69, 9.17) is 5.73 Å².